The number of carbonyl (C=O) groups is 1. The van der Waals surface area contributed by atoms with Gasteiger partial charge in [-0.15, -0.1) is 0 Å². The maximum atomic E-state index is 10.3. The number of aromatic hydroxyl groups is 3. The molecule has 4 N–H and O–H groups in total. The zero-order chi connectivity index (χ0) is 9.30. The molecule has 0 aromatic heterocycles. The summed E-state index contributed by atoms with van der Waals surface area (Å²) < 4.78 is 0. The van der Waals surface area contributed by atoms with Crippen LogP contribution in [0.4, 0.5) is 0 Å². The summed E-state index contributed by atoms with van der Waals surface area (Å²) in [5, 5.41) is 35.0. The summed E-state index contributed by atoms with van der Waals surface area (Å²) >= 11 is 0. The van der Waals surface area contributed by atoms with E-state index in [1.165, 1.54) is 0 Å². The Morgan fingerprint density at radius 1 is 1.08 bits per heavy atom. The molecule has 0 saturated heterocycles. The van der Waals surface area contributed by atoms with Gasteiger partial charge in [-0.2, -0.15) is 0 Å². The minimum absolute atomic E-state index is 0. The molecule has 1 aromatic rings. The Labute approximate surface area is 88.1 Å². The number of hydrogen-bond donors (Lipinski definition) is 4. The molecule has 13 heavy (non-hydrogen) atoms. The van der Waals surface area contributed by atoms with E-state index in [0.717, 1.165) is 12.1 Å². The third-order valence-electron chi connectivity index (χ3n) is 1.32. The van der Waals surface area contributed by atoms with Gasteiger partial charge in [0.15, 0.2) is 17.2 Å². The van der Waals surface area contributed by atoms with Crippen molar-refractivity contribution < 1.29 is 46.9 Å². The van der Waals surface area contributed by atoms with Crippen molar-refractivity contribution >= 4 is 5.97 Å². The number of phenolic OH excluding ortho intramolecular Hbond substituents is 3. The molecule has 0 saturated carbocycles. The van der Waals surface area contributed by atoms with Gasteiger partial charge >= 0.3 is 5.97 Å². The number of aromatic carboxylic acids is 1. The Morgan fingerprint density at radius 2 is 1.46 bits per heavy atom. The Morgan fingerprint density at radius 3 is 1.77 bits per heavy atom. The van der Waals surface area contributed by atoms with E-state index in [1.807, 2.05) is 0 Å². The van der Waals surface area contributed by atoms with E-state index in [1.54, 1.807) is 0 Å². The molecule has 0 spiro atoms. The van der Waals surface area contributed by atoms with Crippen molar-refractivity contribution in [3.05, 3.63) is 17.7 Å². The van der Waals surface area contributed by atoms with Gasteiger partial charge in [-0.05, 0) is 12.1 Å². The van der Waals surface area contributed by atoms with Crippen molar-refractivity contribution in [2.24, 2.45) is 0 Å². The van der Waals surface area contributed by atoms with Crippen LogP contribution in [-0.4, -0.2) is 26.4 Å². The van der Waals surface area contributed by atoms with Gasteiger partial charge in [-0.1, -0.05) is 0 Å². The van der Waals surface area contributed by atoms with Crippen LogP contribution in [0.3, 0.4) is 0 Å². The third-order valence-corrected chi connectivity index (χ3v) is 1.32. The van der Waals surface area contributed by atoms with Gasteiger partial charge < -0.3 is 20.4 Å². The van der Waals surface area contributed by atoms with E-state index in [4.69, 9.17) is 20.4 Å². The molecule has 0 heterocycles. The normalized spacial score (nSPS) is 8.92. The average molecular weight is 218 g/mol. The molecule has 0 unspecified atom stereocenters. The van der Waals surface area contributed by atoms with Gasteiger partial charge in [0.25, 0.3) is 0 Å². The predicted octanol–water partition coefficient (Wildman–Crippen LogP) is 0.499. The minimum Gasteiger partial charge on any atom is -0.504 e. The van der Waals surface area contributed by atoms with Gasteiger partial charge in [0.1, 0.15) is 0 Å². The summed E-state index contributed by atoms with van der Waals surface area (Å²) in [5.41, 5.74) is -0.289. The number of hydrogen-bond acceptors (Lipinski definition) is 4. The van der Waals surface area contributed by atoms with Crippen molar-refractivity contribution in [3.63, 3.8) is 0 Å². The molecule has 0 aliphatic carbocycles. The largest absolute Gasteiger partial charge is 0.504 e. The van der Waals surface area contributed by atoms with Crippen molar-refractivity contribution in [3.8, 4) is 17.2 Å². The van der Waals surface area contributed by atoms with Gasteiger partial charge in [0, 0.05) is 21.7 Å². The van der Waals surface area contributed by atoms with E-state index >= 15 is 0 Å². The Kier molecular flexibility index (Phi) is 3.78. The quantitative estimate of drug-likeness (QED) is 0.406. The average Bonchev–Trinajstić information content (AvgIpc) is 1.99. The molecule has 0 radical (unpaired) electrons. The standard InChI is InChI=1S/C7H6O5.Ti/c8-4-1-3(7(11)12)2-5(9)6(4)10;/h1-2,8-10H,(H,11,12);. The van der Waals surface area contributed by atoms with Crippen LogP contribution in [0.5, 0.6) is 17.2 Å². The molecule has 0 aliphatic rings. The summed E-state index contributed by atoms with van der Waals surface area (Å²) in [7, 11) is 0. The van der Waals surface area contributed by atoms with E-state index in [0.29, 0.717) is 0 Å². The van der Waals surface area contributed by atoms with Crippen LogP contribution in [0.1, 0.15) is 10.4 Å². The fourth-order valence-electron chi connectivity index (χ4n) is 0.728. The fourth-order valence-corrected chi connectivity index (χ4v) is 0.728. The topological polar surface area (TPSA) is 98.0 Å². The zero-order valence-electron chi connectivity index (χ0n) is 6.35. The second-order valence-electron chi connectivity index (χ2n) is 2.17. The van der Waals surface area contributed by atoms with Crippen LogP contribution in [0.2, 0.25) is 0 Å². The van der Waals surface area contributed by atoms with Gasteiger partial charge in [-0.25, -0.2) is 4.79 Å². The first-order chi connectivity index (χ1) is 5.52. The molecule has 0 bridgehead atoms. The summed E-state index contributed by atoms with van der Waals surface area (Å²) in [4.78, 5) is 10.3. The third kappa shape index (κ3) is 2.37. The number of rotatable bonds is 1. The maximum Gasteiger partial charge on any atom is 0.335 e. The van der Waals surface area contributed by atoms with Crippen LogP contribution in [0.15, 0.2) is 12.1 Å². The molecule has 1 rings (SSSR count). The van der Waals surface area contributed by atoms with Crippen LogP contribution in [-0.2, 0) is 21.7 Å². The summed E-state index contributed by atoms with van der Waals surface area (Å²) in [6, 6.07) is 1.69. The van der Waals surface area contributed by atoms with Crippen molar-refractivity contribution in [1.82, 2.24) is 0 Å². The molecule has 1 aromatic carbocycles. The number of phenols is 3. The van der Waals surface area contributed by atoms with Gasteiger partial charge in [0.05, 0.1) is 5.56 Å². The molecule has 5 nitrogen and oxygen atoms in total. The number of carboxylic acids is 1. The molecule has 68 valence electrons. The number of benzene rings is 1. The molecule has 6 heteroatoms. The maximum absolute atomic E-state index is 10.3. The summed E-state index contributed by atoms with van der Waals surface area (Å²) in [6.45, 7) is 0. The van der Waals surface area contributed by atoms with Crippen molar-refractivity contribution in [2.75, 3.05) is 0 Å². The second kappa shape index (κ2) is 4.16. The van der Waals surface area contributed by atoms with E-state index in [2.05, 4.69) is 0 Å². The fraction of sp³-hybridized carbons (Fsp3) is 0. The minimum atomic E-state index is -1.29. The summed E-state index contributed by atoms with van der Waals surface area (Å²) in [5.74, 6) is -3.33. The first kappa shape index (κ1) is 11.8. The van der Waals surface area contributed by atoms with Crippen LogP contribution in [0.25, 0.3) is 0 Å². The Hall–Kier alpha value is -1.20. The zero-order valence-corrected chi connectivity index (χ0v) is 7.91. The van der Waals surface area contributed by atoms with Gasteiger partial charge in [-0.3, -0.25) is 0 Å². The van der Waals surface area contributed by atoms with Crippen molar-refractivity contribution in [1.29, 1.82) is 0 Å². The van der Waals surface area contributed by atoms with E-state index < -0.39 is 23.2 Å². The predicted molar refractivity (Wildman–Crippen MR) is 38.4 cm³/mol. The molecule has 0 fully saturated rings. The monoisotopic (exact) mass is 218 g/mol. The molecule has 0 aliphatic heterocycles. The second-order valence-corrected chi connectivity index (χ2v) is 2.17. The Balaban J connectivity index is 0.00000144. The van der Waals surface area contributed by atoms with Crippen LogP contribution in [0, 0.1) is 0 Å². The molecular formula is C7H6O5Ti. The van der Waals surface area contributed by atoms with Crippen LogP contribution < -0.4 is 0 Å². The van der Waals surface area contributed by atoms with E-state index in [-0.39, 0.29) is 27.3 Å². The smallest absolute Gasteiger partial charge is 0.335 e. The molecular weight excluding hydrogens is 212 g/mol. The first-order valence-electron chi connectivity index (χ1n) is 3.00. The SMILES string of the molecule is O=C(O)c1cc(O)c(O)c(O)c1.[Ti]. The van der Waals surface area contributed by atoms with E-state index in [9.17, 15) is 4.79 Å². The molecule has 0 atom stereocenters. The number of carboxylic acid groups (broad SMARTS) is 1. The molecule has 0 amide bonds. The Bertz CT molecular complexity index is 313. The van der Waals surface area contributed by atoms with Crippen molar-refractivity contribution in [2.45, 2.75) is 0 Å². The summed E-state index contributed by atoms with van der Waals surface area (Å²) in [6.07, 6.45) is 0. The first-order valence-corrected chi connectivity index (χ1v) is 3.00. The van der Waals surface area contributed by atoms with Gasteiger partial charge in [0.2, 0.25) is 0 Å². The van der Waals surface area contributed by atoms with Crippen LogP contribution >= 0.6 is 0 Å².